The predicted octanol–water partition coefficient (Wildman–Crippen LogP) is 2.35. The molecule has 3 rings (SSSR count). The highest BCUT2D eigenvalue weighted by Gasteiger charge is 2.23. The minimum atomic E-state index is -0.183. The van der Waals surface area contributed by atoms with Crippen molar-refractivity contribution in [1.82, 2.24) is 4.90 Å². The van der Waals surface area contributed by atoms with Crippen molar-refractivity contribution in [3.8, 4) is 0 Å². The molecule has 118 valence electrons. The van der Waals surface area contributed by atoms with Gasteiger partial charge in [0.2, 0.25) is 5.91 Å². The van der Waals surface area contributed by atoms with E-state index < -0.39 is 0 Å². The van der Waals surface area contributed by atoms with Crippen LogP contribution in [-0.2, 0) is 4.79 Å². The summed E-state index contributed by atoms with van der Waals surface area (Å²) in [6.45, 7) is 8.13. The van der Waals surface area contributed by atoms with Crippen molar-refractivity contribution in [1.29, 1.82) is 0 Å². The molecule has 0 radical (unpaired) electrons. The Labute approximate surface area is 130 Å². The Balaban J connectivity index is 1.86. The zero-order chi connectivity index (χ0) is 15.7. The molecule has 0 saturated carbocycles. The van der Waals surface area contributed by atoms with Crippen molar-refractivity contribution >= 4 is 23.4 Å². The van der Waals surface area contributed by atoms with Gasteiger partial charge in [-0.15, -0.1) is 0 Å². The highest BCUT2D eigenvalue weighted by atomic mass is 19.1. The van der Waals surface area contributed by atoms with E-state index in [1.54, 1.807) is 13.0 Å². The normalized spacial score (nSPS) is 17.7. The number of hydrogen-bond acceptors (Lipinski definition) is 3. The number of rotatable bonds is 2. The molecule has 4 nitrogen and oxygen atoms in total. The van der Waals surface area contributed by atoms with Gasteiger partial charge in [0, 0.05) is 57.4 Å². The Hall–Kier alpha value is -2.04. The molecular formula is C17H22FN3O. The predicted molar refractivity (Wildman–Crippen MR) is 87.8 cm³/mol. The molecule has 1 fully saturated rings. The maximum absolute atomic E-state index is 14.5. The first-order chi connectivity index (χ1) is 10.6. The first-order valence-electron chi connectivity index (χ1n) is 7.85. The minimum absolute atomic E-state index is 0.0906. The van der Waals surface area contributed by atoms with Crippen LogP contribution < -0.4 is 9.80 Å². The van der Waals surface area contributed by atoms with Crippen LogP contribution in [0.1, 0.15) is 19.4 Å². The molecule has 0 aliphatic carbocycles. The molecule has 0 aromatic heterocycles. The number of carbonyl (C=O) groups is 1. The molecule has 1 amide bonds. The quantitative estimate of drug-likeness (QED) is 0.839. The van der Waals surface area contributed by atoms with Gasteiger partial charge in [0.05, 0.1) is 5.69 Å². The van der Waals surface area contributed by atoms with Crippen LogP contribution in [0.2, 0.25) is 0 Å². The van der Waals surface area contributed by atoms with Crippen molar-refractivity contribution < 1.29 is 9.18 Å². The van der Waals surface area contributed by atoms with E-state index in [0.717, 1.165) is 24.3 Å². The molecule has 2 aliphatic heterocycles. The fraction of sp³-hybridized carbons (Fsp3) is 0.471. The number of fused-ring (bicyclic) bond motifs is 1. The average Bonchev–Trinajstić information content (AvgIpc) is 2.53. The smallest absolute Gasteiger partial charge is 0.219 e. The molecule has 0 unspecified atom stereocenters. The van der Waals surface area contributed by atoms with Crippen LogP contribution in [0.25, 0.3) is 6.08 Å². The molecule has 5 heteroatoms. The number of anilines is 2. The summed E-state index contributed by atoms with van der Waals surface area (Å²) in [5, 5.41) is 0. The number of amides is 1. The second-order valence-electron chi connectivity index (χ2n) is 5.80. The fourth-order valence-electron chi connectivity index (χ4n) is 3.18. The Morgan fingerprint density at radius 2 is 1.91 bits per heavy atom. The van der Waals surface area contributed by atoms with Crippen LogP contribution in [0.15, 0.2) is 18.2 Å². The van der Waals surface area contributed by atoms with Gasteiger partial charge in [-0.3, -0.25) is 4.79 Å². The van der Waals surface area contributed by atoms with Gasteiger partial charge in [-0.1, -0.05) is 12.2 Å². The topological polar surface area (TPSA) is 26.8 Å². The average molecular weight is 303 g/mol. The number of halogens is 1. The molecule has 2 aliphatic rings. The SMILES string of the molecule is CCN1CC=Cc2cc(F)c(N3CCN(C(C)=O)CC3)cc21. The summed E-state index contributed by atoms with van der Waals surface area (Å²) in [5.41, 5.74) is 2.68. The van der Waals surface area contributed by atoms with E-state index in [4.69, 9.17) is 0 Å². The number of likely N-dealkylation sites (N-methyl/N-ethyl adjacent to an activating group) is 1. The van der Waals surface area contributed by atoms with Gasteiger partial charge >= 0.3 is 0 Å². The van der Waals surface area contributed by atoms with Crippen molar-refractivity contribution in [2.45, 2.75) is 13.8 Å². The van der Waals surface area contributed by atoms with Crippen LogP contribution in [-0.4, -0.2) is 50.1 Å². The highest BCUT2D eigenvalue weighted by molar-refractivity contribution is 5.76. The van der Waals surface area contributed by atoms with Crippen LogP contribution in [0.4, 0.5) is 15.8 Å². The van der Waals surface area contributed by atoms with Crippen LogP contribution in [0.3, 0.4) is 0 Å². The molecule has 2 heterocycles. The Kier molecular flexibility index (Phi) is 4.05. The van der Waals surface area contributed by atoms with E-state index in [9.17, 15) is 9.18 Å². The van der Waals surface area contributed by atoms with Crippen molar-refractivity contribution in [2.75, 3.05) is 49.1 Å². The monoisotopic (exact) mass is 303 g/mol. The van der Waals surface area contributed by atoms with Gasteiger partial charge in [0.15, 0.2) is 0 Å². The molecular weight excluding hydrogens is 281 g/mol. The third kappa shape index (κ3) is 2.67. The lowest BCUT2D eigenvalue weighted by molar-refractivity contribution is -0.129. The van der Waals surface area contributed by atoms with Gasteiger partial charge in [0.1, 0.15) is 5.82 Å². The minimum Gasteiger partial charge on any atom is -0.368 e. The van der Waals surface area contributed by atoms with Crippen LogP contribution >= 0.6 is 0 Å². The third-order valence-corrected chi connectivity index (χ3v) is 4.51. The van der Waals surface area contributed by atoms with Gasteiger partial charge in [-0.25, -0.2) is 4.39 Å². The number of hydrogen-bond donors (Lipinski definition) is 0. The van der Waals surface area contributed by atoms with Gasteiger partial charge in [-0.2, -0.15) is 0 Å². The van der Waals surface area contributed by atoms with E-state index in [1.165, 1.54) is 0 Å². The zero-order valence-electron chi connectivity index (χ0n) is 13.2. The summed E-state index contributed by atoms with van der Waals surface area (Å²) in [7, 11) is 0. The third-order valence-electron chi connectivity index (χ3n) is 4.51. The van der Waals surface area contributed by atoms with E-state index in [2.05, 4.69) is 17.9 Å². The summed E-state index contributed by atoms with van der Waals surface area (Å²) >= 11 is 0. The van der Waals surface area contributed by atoms with E-state index >= 15 is 0 Å². The second-order valence-corrected chi connectivity index (χ2v) is 5.80. The summed E-state index contributed by atoms with van der Waals surface area (Å²) in [5.74, 6) is -0.0921. The fourth-order valence-corrected chi connectivity index (χ4v) is 3.18. The van der Waals surface area contributed by atoms with E-state index in [0.29, 0.717) is 31.9 Å². The van der Waals surface area contributed by atoms with Crippen LogP contribution in [0, 0.1) is 5.82 Å². The van der Waals surface area contributed by atoms with Gasteiger partial charge < -0.3 is 14.7 Å². The number of piperazine rings is 1. The lowest BCUT2D eigenvalue weighted by Gasteiger charge is -2.37. The number of nitrogens with zero attached hydrogens (tertiary/aromatic N) is 3. The molecule has 1 saturated heterocycles. The molecule has 0 bridgehead atoms. The van der Waals surface area contributed by atoms with Gasteiger partial charge in [-0.05, 0) is 19.1 Å². The van der Waals surface area contributed by atoms with Crippen molar-refractivity contribution in [3.63, 3.8) is 0 Å². The van der Waals surface area contributed by atoms with Crippen molar-refractivity contribution in [2.24, 2.45) is 0 Å². The lowest BCUT2D eigenvalue weighted by Crippen LogP contribution is -2.48. The molecule has 1 aromatic carbocycles. The Morgan fingerprint density at radius 3 is 2.55 bits per heavy atom. The Bertz CT molecular complexity index is 606. The summed E-state index contributed by atoms with van der Waals surface area (Å²) in [6.07, 6.45) is 4.05. The zero-order valence-corrected chi connectivity index (χ0v) is 13.2. The molecule has 1 aromatic rings. The maximum atomic E-state index is 14.5. The van der Waals surface area contributed by atoms with Crippen molar-refractivity contribution in [3.05, 3.63) is 29.6 Å². The summed E-state index contributed by atoms with van der Waals surface area (Å²) in [4.78, 5) is 17.5. The lowest BCUT2D eigenvalue weighted by atomic mass is 10.1. The maximum Gasteiger partial charge on any atom is 0.219 e. The number of carbonyl (C=O) groups excluding carboxylic acids is 1. The molecule has 0 N–H and O–H groups in total. The summed E-state index contributed by atoms with van der Waals surface area (Å²) in [6, 6.07) is 3.58. The summed E-state index contributed by atoms with van der Waals surface area (Å²) < 4.78 is 14.5. The standard InChI is InChI=1S/C17H22FN3O/c1-3-19-6-4-5-14-11-15(18)17(12-16(14)19)21-9-7-20(8-10-21)13(2)22/h4-5,11-12H,3,6-10H2,1-2H3. The highest BCUT2D eigenvalue weighted by Crippen LogP contribution is 2.33. The van der Waals surface area contributed by atoms with Crippen LogP contribution in [0.5, 0.6) is 0 Å². The molecule has 0 atom stereocenters. The van der Waals surface area contributed by atoms with E-state index in [1.807, 2.05) is 21.9 Å². The largest absolute Gasteiger partial charge is 0.368 e. The Morgan fingerprint density at radius 1 is 1.18 bits per heavy atom. The van der Waals surface area contributed by atoms with E-state index in [-0.39, 0.29) is 11.7 Å². The van der Waals surface area contributed by atoms with Gasteiger partial charge in [0.25, 0.3) is 0 Å². The first kappa shape index (κ1) is 14.9. The molecule has 22 heavy (non-hydrogen) atoms. The first-order valence-corrected chi connectivity index (χ1v) is 7.85. The second kappa shape index (κ2) is 5.99. The number of benzene rings is 1. The molecule has 0 spiro atoms.